The van der Waals surface area contributed by atoms with Crippen LogP contribution in [-0.4, -0.2) is 46.1 Å². The van der Waals surface area contributed by atoms with Gasteiger partial charge in [-0.2, -0.15) is 0 Å². The lowest BCUT2D eigenvalue weighted by molar-refractivity contribution is 0.208. The molecule has 0 spiro atoms. The fourth-order valence-electron chi connectivity index (χ4n) is 2.71. The number of benzene rings is 1. The van der Waals surface area contributed by atoms with Crippen molar-refractivity contribution in [2.45, 2.75) is 37.1 Å². The maximum atomic E-state index is 12.5. The Labute approximate surface area is 127 Å². The Morgan fingerprint density at radius 3 is 2.57 bits per heavy atom. The Balaban J connectivity index is 2.02. The molecule has 5 nitrogen and oxygen atoms in total. The molecule has 0 bridgehead atoms. The summed E-state index contributed by atoms with van der Waals surface area (Å²) in [4.78, 5) is 2.59. The summed E-state index contributed by atoms with van der Waals surface area (Å²) in [5.41, 5.74) is 0. The molecule has 0 unspecified atom stereocenters. The van der Waals surface area contributed by atoms with E-state index in [1.165, 1.54) is 7.11 Å². The van der Waals surface area contributed by atoms with E-state index in [9.17, 15) is 8.42 Å². The quantitative estimate of drug-likeness (QED) is 0.871. The monoisotopic (exact) mass is 312 g/mol. The molecule has 0 radical (unpaired) electrons. The molecular weight excluding hydrogens is 288 g/mol. The van der Waals surface area contributed by atoms with Crippen LogP contribution in [0.3, 0.4) is 0 Å². The lowest BCUT2D eigenvalue weighted by atomic mass is 10.1. The summed E-state index contributed by atoms with van der Waals surface area (Å²) in [6, 6.07) is 6.72. The van der Waals surface area contributed by atoms with Gasteiger partial charge in [-0.3, -0.25) is 0 Å². The maximum absolute atomic E-state index is 12.5. The lowest BCUT2D eigenvalue weighted by Crippen LogP contribution is -2.44. The van der Waals surface area contributed by atoms with Crippen molar-refractivity contribution in [3.63, 3.8) is 0 Å². The predicted molar refractivity (Wildman–Crippen MR) is 83.1 cm³/mol. The van der Waals surface area contributed by atoms with E-state index >= 15 is 0 Å². The molecule has 1 N–H and O–H groups in total. The first-order valence-corrected chi connectivity index (χ1v) is 8.93. The fourth-order valence-corrected chi connectivity index (χ4v) is 4.19. The van der Waals surface area contributed by atoms with Crippen LogP contribution < -0.4 is 9.46 Å². The first-order valence-electron chi connectivity index (χ1n) is 7.44. The molecule has 118 valence electrons. The Bertz CT molecular complexity index is 552. The van der Waals surface area contributed by atoms with Crippen molar-refractivity contribution < 1.29 is 13.2 Å². The van der Waals surface area contributed by atoms with Crippen molar-refractivity contribution in [1.29, 1.82) is 0 Å². The third-order valence-electron chi connectivity index (χ3n) is 3.81. The molecule has 6 heteroatoms. The molecule has 1 aromatic carbocycles. The molecule has 1 fully saturated rings. The third-order valence-corrected chi connectivity index (χ3v) is 5.37. The molecule has 0 amide bonds. The van der Waals surface area contributed by atoms with Gasteiger partial charge in [0.15, 0.2) is 0 Å². The number of sulfonamides is 1. The number of hydrogen-bond acceptors (Lipinski definition) is 4. The van der Waals surface area contributed by atoms with E-state index in [4.69, 9.17) is 4.74 Å². The lowest BCUT2D eigenvalue weighted by Gasteiger charge is -2.31. The molecule has 21 heavy (non-hydrogen) atoms. The standard InChI is InChI=1S/C15H24N2O3S/c1-3-10-17-11-8-13(9-12-17)16-21(18,19)15-7-5-4-6-14(15)20-2/h4-7,13,16H,3,8-12H2,1-2H3. The van der Waals surface area contributed by atoms with Crippen LogP contribution in [0, 0.1) is 0 Å². The van der Waals surface area contributed by atoms with Crippen molar-refractivity contribution in [2.75, 3.05) is 26.7 Å². The summed E-state index contributed by atoms with van der Waals surface area (Å²) in [6.07, 6.45) is 2.85. The summed E-state index contributed by atoms with van der Waals surface area (Å²) < 4.78 is 32.9. The second-order valence-electron chi connectivity index (χ2n) is 5.39. The van der Waals surface area contributed by atoms with Gasteiger partial charge in [0.25, 0.3) is 0 Å². The molecular formula is C15H24N2O3S. The van der Waals surface area contributed by atoms with Crippen molar-refractivity contribution in [3.8, 4) is 5.75 Å². The molecule has 1 saturated heterocycles. The number of nitrogens with zero attached hydrogens (tertiary/aromatic N) is 1. The van der Waals surface area contributed by atoms with Crippen LogP contribution in [0.4, 0.5) is 0 Å². The zero-order valence-electron chi connectivity index (χ0n) is 12.7. The Morgan fingerprint density at radius 1 is 1.29 bits per heavy atom. The molecule has 1 heterocycles. The van der Waals surface area contributed by atoms with Gasteiger partial charge in [0.2, 0.25) is 10.0 Å². The minimum atomic E-state index is -3.53. The van der Waals surface area contributed by atoms with Crippen LogP contribution in [-0.2, 0) is 10.0 Å². The number of piperidine rings is 1. The SMILES string of the molecule is CCCN1CCC(NS(=O)(=O)c2ccccc2OC)CC1. The van der Waals surface area contributed by atoms with E-state index in [0.29, 0.717) is 5.75 Å². The molecule has 1 aliphatic rings. The first-order chi connectivity index (χ1) is 10.1. The number of likely N-dealkylation sites (tertiary alicyclic amines) is 1. The van der Waals surface area contributed by atoms with E-state index < -0.39 is 10.0 Å². The van der Waals surface area contributed by atoms with Crippen LogP contribution in [0.25, 0.3) is 0 Å². The highest BCUT2D eigenvalue weighted by molar-refractivity contribution is 7.89. The van der Waals surface area contributed by atoms with Gasteiger partial charge in [-0.15, -0.1) is 0 Å². The predicted octanol–water partition coefficient (Wildman–Crippen LogP) is 1.85. The summed E-state index contributed by atoms with van der Waals surface area (Å²) in [6.45, 7) is 5.16. The summed E-state index contributed by atoms with van der Waals surface area (Å²) >= 11 is 0. The largest absolute Gasteiger partial charge is 0.495 e. The summed E-state index contributed by atoms with van der Waals surface area (Å²) in [5.74, 6) is 0.383. The van der Waals surface area contributed by atoms with Crippen molar-refractivity contribution in [2.24, 2.45) is 0 Å². The van der Waals surface area contributed by atoms with E-state index in [1.54, 1.807) is 24.3 Å². The van der Waals surface area contributed by atoms with Crippen LogP contribution in [0.15, 0.2) is 29.2 Å². The number of methoxy groups -OCH3 is 1. The highest BCUT2D eigenvalue weighted by Crippen LogP contribution is 2.23. The molecule has 1 aliphatic heterocycles. The van der Waals surface area contributed by atoms with Gasteiger partial charge in [0, 0.05) is 6.04 Å². The smallest absolute Gasteiger partial charge is 0.244 e. The zero-order chi connectivity index (χ0) is 15.3. The van der Waals surface area contributed by atoms with Crippen molar-refractivity contribution >= 4 is 10.0 Å². The van der Waals surface area contributed by atoms with Crippen LogP contribution in [0.5, 0.6) is 5.75 Å². The molecule has 1 aromatic rings. The van der Waals surface area contributed by atoms with Crippen LogP contribution in [0.2, 0.25) is 0 Å². The molecule has 2 rings (SSSR count). The zero-order valence-corrected chi connectivity index (χ0v) is 13.5. The number of hydrogen-bond donors (Lipinski definition) is 1. The van der Waals surface area contributed by atoms with E-state index in [0.717, 1.165) is 38.9 Å². The number of ether oxygens (including phenoxy) is 1. The topological polar surface area (TPSA) is 58.6 Å². The number of rotatable bonds is 6. The normalized spacial score (nSPS) is 17.8. The van der Waals surface area contributed by atoms with Gasteiger partial charge in [0.1, 0.15) is 10.6 Å². The Morgan fingerprint density at radius 2 is 1.95 bits per heavy atom. The highest BCUT2D eigenvalue weighted by atomic mass is 32.2. The second-order valence-corrected chi connectivity index (χ2v) is 7.07. The van der Waals surface area contributed by atoms with Gasteiger partial charge in [-0.1, -0.05) is 19.1 Å². The minimum absolute atomic E-state index is 0.00742. The highest BCUT2D eigenvalue weighted by Gasteiger charge is 2.26. The third kappa shape index (κ3) is 4.18. The second kappa shape index (κ2) is 7.24. The van der Waals surface area contributed by atoms with Crippen LogP contribution >= 0.6 is 0 Å². The molecule has 0 saturated carbocycles. The average Bonchev–Trinajstić information content (AvgIpc) is 2.49. The maximum Gasteiger partial charge on any atom is 0.244 e. The summed E-state index contributed by atoms with van der Waals surface area (Å²) in [7, 11) is -2.04. The first kappa shape index (κ1) is 16.3. The molecule has 0 aromatic heterocycles. The van der Waals surface area contributed by atoms with Gasteiger partial charge < -0.3 is 9.64 Å². The number of para-hydroxylation sites is 1. The minimum Gasteiger partial charge on any atom is -0.495 e. The summed E-state index contributed by atoms with van der Waals surface area (Å²) in [5, 5.41) is 0. The van der Waals surface area contributed by atoms with Gasteiger partial charge in [0.05, 0.1) is 7.11 Å². The number of nitrogens with one attached hydrogen (secondary N) is 1. The Kier molecular flexibility index (Phi) is 5.61. The molecule has 0 aliphatic carbocycles. The van der Waals surface area contributed by atoms with E-state index in [1.807, 2.05) is 0 Å². The van der Waals surface area contributed by atoms with Gasteiger partial charge in [-0.25, -0.2) is 13.1 Å². The molecule has 0 atom stereocenters. The average molecular weight is 312 g/mol. The van der Waals surface area contributed by atoms with Gasteiger partial charge >= 0.3 is 0 Å². The van der Waals surface area contributed by atoms with E-state index in [-0.39, 0.29) is 10.9 Å². The van der Waals surface area contributed by atoms with Crippen LogP contribution in [0.1, 0.15) is 26.2 Å². The van der Waals surface area contributed by atoms with Crippen molar-refractivity contribution in [3.05, 3.63) is 24.3 Å². The van der Waals surface area contributed by atoms with E-state index in [2.05, 4.69) is 16.5 Å². The fraction of sp³-hybridized carbons (Fsp3) is 0.600. The Hall–Kier alpha value is -1.11. The van der Waals surface area contributed by atoms with Gasteiger partial charge in [-0.05, 0) is 51.0 Å². The van der Waals surface area contributed by atoms with Crippen molar-refractivity contribution in [1.82, 2.24) is 9.62 Å².